The lowest BCUT2D eigenvalue weighted by Crippen LogP contribution is -2.52. The second-order valence-corrected chi connectivity index (χ2v) is 19.0. The molecule has 0 aliphatic rings. The molecule has 8 aromatic rings. The molecule has 0 bridgehead atoms. The van der Waals surface area contributed by atoms with E-state index in [0.717, 1.165) is 11.2 Å². The minimum Gasteiger partial charge on any atom is -0.457 e. The van der Waals surface area contributed by atoms with Crippen LogP contribution in [0.5, 0.6) is 0 Å². The lowest BCUT2D eigenvalue weighted by molar-refractivity contribution is 0.675. The predicted molar refractivity (Wildman–Crippen MR) is 337 cm³/mol. The molecule has 0 aliphatic heterocycles. The summed E-state index contributed by atoms with van der Waals surface area (Å²) in [7, 11) is 51.6. The highest BCUT2D eigenvalue weighted by molar-refractivity contribution is 6.76. The molecule has 1 aromatic heterocycles. The first-order valence-electron chi connectivity index (χ1n) is 21.9. The van der Waals surface area contributed by atoms with Crippen LogP contribution in [0.15, 0.2) is 4.42 Å². The first kappa shape index (κ1) is 42.2. The number of hydrogen-bond acceptors (Lipinski definition) is 1. The highest BCUT2D eigenvalue weighted by Crippen LogP contribution is 2.39. The average Bonchev–Trinajstić information content (AvgIpc) is 3.62. The molecule has 0 aliphatic carbocycles. The summed E-state index contributed by atoms with van der Waals surface area (Å²) in [6.45, 7) is 0. The monoisotopic (exact) mass is 735 g/mol. The molecule has 7 aromatic carbocycles. The number of fused-ring (bicyclic) bond motifs is 6. The van der Waals surface area contributed by atoms with Gasteiger partial charge in [0.25, 0.3) is 0 Å². The molecule has 0 saturated carbocycles. The van der Waals surface area contributed by atoms with Gasteiger partial charge in [-0.3, -0.25) is 0 Å². The van der Waals surface area contributed by atoms with Gasteiger partial charge >= 0.3 is 0 Å². The zero-order valence-electron chi connectivity index (χ0n) is 40.4. The van der Waals surface area contributed by atoms with Gasteiger partial charge in [0.1, 0.15) is 184 Å². The first-order valence-corrected chi connectivity index (χ1v) is 21.9. The summed E-state index contributed by atoms with van der Waals surface area (Å²) >= 11 is 0. The Morgan fingerprint density at radius 2 is 0.373 bits per heavy atom. The van der Waals surface area contributed by atoms with Crippen molar-refractivity contribution in [1.29, 1.82) is 0 Å². The molecule has 0 atom stereocenters. The molecule has 1 heterocycles. The zero-order chi connectivity index (χ0) is 43.5. The largest absolute Gasteiger partial charge is 0.457 e. The highest BCUT2D eigenvalue weighted by atomic mass is 16.3. The van der Waals surface area contributed by atoms with E-state index in [0.29, 0.717) is 0 Å². The molecule has 0 fully saturated rings. The Kier molecular flexibility index (Phi) is 10.1. The van der Waals surface area contributed by atoms with E-state index in [1.165, 1.54) is 186 Å². The van der Waals surface area contributed by atoms with Crippen LogP contribution in [-0.4, -0.2) is 173 Å². The summed E-state index contributed by atoms with van der Waals surface area (Å²) in [5.74, 6) is 0. The van der Waals surface area contributed by atoms with E-state index < -0.39 is 0 Å². The predicted octanol–water partition coefficient (Wildman–Crippen LogP) is -27.9. The number of rotatable bonds is 2. The third-order valence-electron chi connectivity index (χ3n) is 17.0. The van der Waals surface area contributed by atoms with Crippen LogP contribution in [0.25, 0.3) is 76.5 Å². The van der Waals surface area contributed by atoms with Crippen LogP contribution in [0.2, 0.25) is 0 Å². The van der Waals surface area contributed by atoms with Crippen molar-refractivity contribution in [2.24, 2.45) is 0 Å². The fourth-order valence-corrected chi connectivity index (χ4v) is 11.8. The van der Waals surface area contributed by atoms with E-state index in [4.69, 9.17) is 4.42 Å². The summed E-state index contributed by atoms with van der Waals surface area (Å²) < 4.78 is 7.16. The maximum absolute atomic E-state index is 7.16. The molecule has 59 heavy (non-hydrogen) atoms. The Morgan fingerprint density at radius 3 is 0.729 bits per heavy atom. The Morgan fingerprint density at radius 1 is 0.153 bits per heavy atom. The van der Waals surface area contributed by atoms with Gasteiger partial charge in [-0.05, 0) is 60.0 Å². The van der Waals surface area contributed by atoms with E-state index in [-0.39, 0.29) is 0 Å². The molecular weight excluding hydrogens is 686 g/mol. The quantitative estimate of drug-likeness (QED) is 0.128. The van der Waals surface area contributed by atoms with E-state index in [1.54, 1.807) is 0 Å². The van der Waals surface area contributed by atoms with Crippen molar-refractivity contribution >= 4 is 347 Å². The van der Waals surface area contributed by atoms with Crippen LogP contribution in [0.1, 0.15) is 0 Å². The molecule has 0 saturated heterocycles. The van der Waals surface area contributed by atoms with Crippen molar-refractivity contribution in [3.05, 3.63) is 0 Å². The van der Waals surface area contributed by atoms with Gasteiger partial charge in [-0.1, -0.05) is 76.5 Å². The van der Waals surface area contributed by atoms with Gasteiger partial charge in [0, 0.05) is 10.8 Å². The topological polar surface area (TPSA) is 13.1 Å². The Labute approximate surface area is 371 Å². The number of hydrogen-bond donors (Lipinski definition) is 0. The standard InChI is InChI=1S/C36H44B22O/c37-13-7(18(42)20(44)10-9(13)21(45)30(54)31(55)22(10)46)1-3-5(16(40)28(52)26(50)14(3)38)2(6-4(1)15(39)27(51)29(53)17(6)41)8-19(43)23(47)11-12-24(48)32(56)33(57)34(58)36(12)59-35(11)25(8)49/h37-58H2. The summed E-state index contributed by atoms with van der Waals surface area (Å²) in [5.41, 5.74) is 37.7. The number of benzene rings is 7. The van der Waals surface area contributed by atoms with E-state index in [2.05, 4.69) is 173 Å². The SMILES string of the molecule is Bc1c(B)c(B)c2c(oc3c(B)c(-c4c5c(B)c(B)c(B)c(B)c5c(-c5c(B)c(B)c6c(B)c(B)c(B)c(B)c6c5B)c5c(B)c(B)c(B)c(B)c45)c(B)c(B)c32)c1B. The third kappa shape index (κ3) is 5.30. The molecule has 0 amide bonds. The third-order valence-corrected chi connectivity index (χ3v) is 17.0. The fourth-order valence-electron chi connectivity index (χ4n) is 11.8. The average molecular weight is 731 g/mol. The van der Waals surface area contributed by atoms with Crippen molar-refractivity contribution in [2.45, 2.75) is 0 Å². The van der Waals surface area contributed by atoms with Gasteiger partial charge in [0.15, 0.2) is 0 Å². The van der Waals surface area contributed by atoms with E-state index in [9.17, 15) is 0 Å². The van der Waals surface area contributed by atoms with Gasteiger partial charge in [-0.2, -0.15) is 0 Å². The lowest BCUT2D eigenvalue weighted by Gasteiger charge is -2.32. The number of furan rings is 1. The second-order valence-electron chi connectivity index (χ2n) is 19.0. The minimum atomic E-state index is 1.03. The second kappa shape index (κ2) is 14.0. The van der Waals surface area contributed by atoms with Gasteiger partial charge < -0.3 is 4.42 Å². The van der Waals surface area contributed by atoms with Gasteiger partial charge in [0.05, 0.1) is 0 Å². The zero-order valence-corrected chi connectivity index (χ0v) is 40.4. The fraction of sp³-hybridized carbons (Fsp3) is 0. The molecule has 1 nitrogen and oxygen atoms in total. The van der Waals surface area contributed by atoms with Gasteiger partial charge in [-0.25, -0.2) is 0 Å². The maximum atomic E-state index is 7.16. The molecule has 0 spiro atoms. The Bertz CT molecular complexity index is 3270. The van der Waals surface area contributed by atoms with Gasteiger partial charge in [0.2, 0.25) is 0 Å². The molecule has 23 heteroatoms. The molecule has 0 unspecified atom stereocenters. The summed E-state index contributed by atoms with van der Waals surface area (Å²) in [5, 5.41) is 11.0. The summed E-state index contributed by atoms with van der Waals surface area (Å²) in [6.07, 6.45) is 0. The van der Waals surface area contributed by atoms with Crippen LogP contribution >= 0.6 is 0 Å². The Hall–Kier alpha value is -3.45. The van der Waals surface area contributed by atoms with Gasteiger partial charge in [-0.15, -0.1) is 38.2 Å². The van der Waals surface area contributed by atoms with E-state index in [1.807, 2.05) is 0 Å². The van der Waals surface area contributed by atoms with Crippen molar-refractivity contribution in [2.75, 3.05) is 0 Å². The van der Waals surface area contributed by atoms with Crippen LogP contribution in [0, 0.1) is 0 Å². The van der Waals surface area contributed by atoms with Crippen LogP contribution in [0.3, 0.4) is 0 Å². The van der Waals surface area contributed by atoms with Crippen molar-refractivity contribution in [3.8, 4) is 22.3 Å². The normalized spacial score (nSPS) is 11.9. The molecule has 0 radical (unpaired) electrons. The lowest BCUT2D eigenvalue weighted by atomic mass is 9.56. The maximum Gasteiger partial charge on any atom is 0.145 e. The minimum absolute atomic E-state index is 1.03. The van der Waals surface area contributed by atoms with Crippen molar-refractivity contribution in [3.63, 3.8) is 0 Å². The summed E-state index contributed by atoms with van der Waals surface area (Å²) in [4.78, 5) is 0. The molecule has 8 rings (SSSR count). The van der Waals surface area contributed by atoms with Crippen LogP contribution in [-0.2, 0) is 0 Å². The van der Waals surface area contributed by atoms with Crippen LogP contribution < -0.4 is 120 Å². The highest BCUT2D eigenvalue weighted by Gasteiger charge is 2.30. The van der Waals surface area contributed by atoms with E-state index >= 15 is 0 Å². The molecule has 0 N–H and O–H groups in total. The Balaban J connectivity index is 1.74. The van der Waals surface area contributed by atoms with Crippen LogP contribution in [0.4, 0.5) is 0 Å². The summed E-state index contributed by atoms with van der Waals surface area (Å²) in [6, 6.07) is 0. The van der Waals surface area contributed by atoms with Crippen molar-refractivity contribution in [1.82, 2.24) is 0 Å². The first-order chi connectivity index (χ1) is 27.5. The smallest absolute Gasteiger partial charge is 0.145 e. The molecular formula is C36H44B22O. The molecule has 260 valence electrons. The van der Waals surface area contributed by atoms with Crippen molar-refractivity contribution < 1.29 is 4.42 Å².